The van der Waals surface area contributed by atoms with Gasteiger partial charge in [-0.3, -0.25) is 14.5 Å². The molecule has 0 bridgehead atoms. The number of ether oxygens (including phenoxy) is 1. The van der Waals surface area contributed by atoms with Crippen molar-refractivity contribution in [3.63, 3.8) is 0 Å². The first kappa shape index (κ1) is 19.7. The van der Waals surface area contributed by atoms with Crippen LogP contribution in [0.1, 0.15) is 45.2 Å². The highest BCUT2D eigenvalue weighted by Gasteiger charge is 2.32. The molecule has 0 aliphatic carbocycles. The van der Waals surface area contributed by atoms with Crippen LogP contribution in [0.4, 0.5) is 0 Å². The maximum atomic E-state index is 12.5. The van der Waals surface area contributed by atoms with Crippen molar-refractivity contribution in [3.05, 3.63) is 40.3 Å². The van der Waals surface area contributed by atoms with Gasteiger partial charge in [-0.15, -0.1) is 0 Å². The fourth-order valence-electron chi connectivity index (χ4n) is 2.36. The predicted molar refractivity (Wildman–Crippen MR) is 106 cm³/mol. The van der Waals surface area contributed by atoms with Gasteiger partial charge < -0.3 is 4.74 Å². The highest BCUT2D eigenvalue weighted by Crippen LogP contribution is 2.33. The summed E-state index contributed by atoms with van der Waals surface area (Å²) in [6, 6.07) is 8.16. The van der Waals surface area contributed by atoms with Crippen LogP contribution in [-0.4, -0.2) is 34.2 Å². The van der Waals surface area contributed by atoms with E-state index in [1.807, 2.05) is 18.2 Å². The topological polar surface area (TPSA) is 46.6 Å². The molecule has 0 radical (unpaired) electrons. The lowest BCUT2D eigenvalue weighted by Crippen LogP contribution is -2.30. The zero-order chi connectivity index (χ0) is 18.6. The molecule has 1 fully saturated rings. The summed E-state index contributed by atoms with van der Waals surface area (Å²) >= 11 is 6.54. The second-order valence-corrected chi connectivity index (χ2v) is 8.44. The van der Waals surface area contributed by atoms with Crippen LogP contribution < -0.4 is 0 Å². The van der Waals surface area contributed by atoms with Crippen LogP contribution in [0.5, 0.6) is 0 Å². The Labute approximate surface area is 158 Å². The van der Waals surface area contributed by atoms with Gasteiger partial charge in [-0.05, 0) is 29.5 Å². The fourth-order valence-corrected chi connectivity index (χ4v) is 3.67. The Kier molecular flexibility index (Phi) is 6.41. The summed E-state index contributed by atoms with van der Waals surface area (Å²) in [7, 11) is 0. The van der Waals surface area contributed by atoms with Crippen LogP contribution in [-0.2, 0) is 19.7 Å². The Morgan fingerprint density at radius 2 is 1.92 bits per heavy atom. The molecule has 0 aromatic heterocycles. The number of thiocarbonyl (C=S) groups is 1. The Morgan fingerprint density at radius 3 is 2.48 bits per heavy atom. The van der Waals surface area contributed by atoms with Gasteiger partial charge in [-0.25, -0.2) is 0 Å². The standard InChI is InChI=1S/C19H23NO3S2/c1-5-23-16(21)10-11-20-17(22)15(25-18(20)24)12-13-6-8-14(9-7-13)19(2,3)4/h6-9,12H,5,10-11H2,1-4H3/b15-12-. The Morgan fingerprint density at radius 1 is 1.28 bits per heavy atom. The zero-order valence-electron chi connectivity index (χ0n) is 15.0. The molecule has 0 atom stereocenters. The average molecular weight is 378 g/mol. The monoisotopic (exact) mass is 377 g/mol. The van der Waals surface area contributed by atoms with E-state index in [0.29, 0.717) is 15.8 Å². The summed E-state index contributed by atoms with van der Waals surface area (Å²) in [5, 5.41) is 0. The number of amides is 1. The lowest BCUT2D eigenvalue weighted by molar-refractivity contribution is -0.143. The van der Waals surface area contributed by atoms with E-state index in [-0.39, 0.29) is 30.3 Å². The van der Waals surface area contributed by atoms with Crippen molar-refractivity contribution < 1.29 is 14.3 Å². The zero-order valence-corrected chi connectivity index (χ0v) is 16.6. The number of hydrogen-bond donors (Lipinski definition) is 0. The van der Waals surface area contributed by atoms with Gasteiger partial charge in [0.2, 0.25) is 0 Å². The molecule has 2 rings (SSSR count). The Balaban J connectivity index is 2.08. The molecule has 1 aromatic rings. The van der Waals surface area contributed by atoms with Gasteiger partial charge in [0.15, 0.2) is 0 Å². The third kappa shape index (κ3) is 5.16. The van der Waals surface area contributed by atoms with Gasteiger partial charge in [0, 0.05) is 6.54 Å². The van der Waals surface area contributed by atoms with E-state index in [9.17, 15) is 9.59 Å². The molecule has 1 aliphatic rings. The van der Waals surface area contributed by atoms with Crippen LogP contribution in [0.3, 0.4) is 0 Å². The van der Waals surface area contributed by atoms with E-state index in [1.165, 1.54) is 22.2 Å². The van der Waals surface area contributed by atoms with Gasteiger partial charge in [0.1, 0.15) is 4.32 Å². The van der Waals surface area contributed by atoms with E-state index in [2.05, 4.69) is 32.9 Å². The van der Waals surface area contributed by atoms with Crippen LogP contribution >= 0.6 is 24.0 Å². The molecule has 134 valence electrons. The van der Waals surface area contributed by atoms with Crippen molar-refractivity contribution in [1.82, 2.24) is 4.90 Å². The minimum atomic E-state index is -0.321. The number of hydrogen-bond acceptors (Lipinski definition) is 5. The molecule has 1 saturated heterocycles. The number of esters is 1. The van der Waals surface area contributed by atoms with Gasteiger partial charge in [0.05, 0.1) is 17.9 Å². The predicted octanol–water partition coefficient (Wildman–Crippen LogP) is 4.14. The molecule has 1 aromatic carbocycles. The molecule has 4 nitrogen and oxygen atoms in total. The maximum absolute atomic E-state index is 12.5. The van der Waals surface area contributed by atoms with Crippen LogP contribution in [0.25, 0.3) is 6.08 Å². The number of carbonyl (C=O) groups is 2. The molecule has 0 saturated carbocycles. The van der Waals surface area contributed by atoms with Crippen molar-refractivity contribution in [3.8, 4) is 0 Å². The summed E-state index contributed by atoms with van der Waals surface area (Å²) in [5.74, 6) is -0.475. The maximum Gasteiger partial charge on any atom is 0.307 e. The van der Waals surface area contributed by atoms with E-state index in [0.717, 1.165) is 5.56 Å². The summed E-state index contributed by atoms with van der Waals surface area (Å²) in [4.78, 5) is 26.0. The third-order valence-electron chi connectivity index (χ3n) is 3.79. The lowest BCUT2D eigenvalue weighted by Gasteiger charge is -2.18. The summed E-state index contributed by atoms with van der Waals surface area (Å²) in [6.07, 6.45) is 1.99. The van der Waals surface area contributed by atoms with E-state index < -0.39 is 0 Å². The number of thioether (sulfide) groups is 1. The van der Waals surface area contributed by atoms with Crippen LogP contribution in [0, 0.1) is 0 Å². The number of benzene rings is 1. The summed E-state index contributed by atoms with van der Waals surface area (Å²) in [5.41, 5.74) is 2.29. The SMILES string of the molecule is CCOC(=O)CCN1C(=O)/C(=C/c2ccc(C(C)(C)C)cc2)SC1=S. The normalized spacial score (nSPS) is 16.6. The first-order valence-corrected chi connectivity index (χ1v) is 9.46. The Hall–Kier alpha value is -1.66. The molecule has 1 amide bonds. The van der Waals surface area contributed by atoms with E-state index in [4.69, 9.17) is 17.0 Å². The summed E-state index contributed by atoms with van der Waals surface area (Å²) in [6.45, 7) is 8.83. The van der Waals surface area contributed by atoms with Crippen molar-refractivity contribution >= 4 is 46.3 Å². The van der Waals surface area contributed by atoms with Crippen LogP contribution in [0.15, 0.2) is 29.2 Å². The van der Waals surface area contributed by atoms with Crippen molar-refractivity contribution in [2.24, 2.45) is 0 Å². The number of rotatable bonds is 5. The fraction of sp³-hybridized carbons (Fsp3) is 0.421. The largest absolute Gasteiger partial charge is 0.466 e. The molecule has 25 heavy (non-hydrogen) atoms. The van der Waals surface area contributed by atoms with Gasteiger partial charge >= 0.3 is 5.97 Å². The Bertz CT molecular complexity index is 702. The smallest absolute Gasteiger partial charge is 0.307 e. The highest BCUT2D eigenvalue weighted by atomic mass is 32.2. The molecular weight excluding hydrogens is 354 g/mol. The van der Waals surface area contributed by atoms with E-state index >= 15 is 0 Å². The second-order valence-electron chi connectivity index (χ2n) is 6.76. The minimum absolute atomic E-state index is 0.0923. The molecule has 1 aliphatic heterocycles. The minimum Gasteiger partial charge on any atom is -0.466 e. The van der Waals surface area contributed by atoms with Crippen molar-refractivity contribution in [1.29, 1.82) is 0 Å². The van der Waals surface area contributed by atoms with Crippen LogP contribution in [0.2, 0.25) is 0 Å². The average Bonchev–Trinajstić information content (AvgIpc) is 2.79. The third-order valence-corrected chi connectivity index (χ3v) is 5.17. The van der Waals surface area contributed by atoms with Crippen molar-refractivity contribution in [2.75, 3.05) is 13.2 Å². The first-order chi connectivity index (χ1) is 11.7. The van der Waals surface area contributed by atoms with Gasteiger partial charge in [-0.1, -0.05) is 69.0 Å². The highest BCUT2D eigenvalue weighted by molar-refractivity contribution is 8.26. The van der Waals surface area contributed by atoms with Gasteiger partial charge in [-0.2, -0.15) is 0 Å². The molecule has 0 spiro atoms. The molecule has 0 N–H and O–H groups in total. The van der Waals surface area contributed by atoms with E-state index in [1.54, 1.807) is 6.92 Å². The molecule has 6 heteroatoms. The molecule has 1 heterocycles. The molecule has 0 unspecified atom stereocenters. The lowest BCUT2D eigenvalue weighted by atomic mass is 9.87. The number of nitrogens with zero attached hydrogens (tertiary/aromatic N) is 1. The molecular formula is C19H23NO3S2. The second kappa shape index (κ2) is 8.15. The van der Waals surface area contributed by atoms with Gasteiger partial charge in [0.25, 0.3) is 5.91 Å². The summed E-state index contributed by atoms with van der Waals surface area (Å²) < 4.78 is 5.37. The quantitative estimate of drug-likeness (QED) is 0.438. The first-order valence-electron chi connectivity index (χ1n) is 8.24. The van der Waals surface area contributed by atoms with Crippen molar-refractivity contribution in [2.45, 2.75) is 39.5 Å². The number of carbonyl (C=O) groups excluding carboxylic acids is 2.